The summed E-state index contributed by atoms with van der Waals surface area (Å²) < 4.78 is 13.9. The largest absolute Gasteiger partial charge is 0.399 e. The number of nitrogen functional groups attached to an aromatic ring is 1. The number of nitro groups is 1. The number of nitrogens with two attached hydrogens (primary N) is 1. The van der Waals surface area contributed by atoms with Gasteiger partial charge in [0.2, 0.25) is 0 Å². The number of amides is 1. The summed E-state index contributed by atoms with van der Waals surface area (Å²) in [7, 11) is 0. The van der Waals surface area contributed by atoms with Gasteiger partial charge in [0.25, 0.3) is 11.6 Å². The standard InChI is InChI=1S/C13H9BrFN3O3/c14-10-4-2-8(6-12(10)18(20)21)17-13(19)9-3-1-7(16)5-11(9)15/h1-6H,16H2,(H,17,19). The topological polar surface area (TPSA) is 98.3 Å². The lowest BCUT2D eigenvalue weighted by molar-refractivity contribution is -0.385. The van der Waals surface area contributed by atoms with E-state index >= 15 is 0 Å². The van der Waals surface area contributed by atoms with Gasteiger partial charge in [-0.25, -0.2) is 4.39 Å². The molecule has 0 atom stereocenters. The number of hydrogen-bond donors (Lipinski definition) is 2. The minimum Gasteiger partial charge on any atom is -0.399 e. The van der Waals surface area contributed by atoms with Crippen LogP contribution in [-0.2, 0) is 0 Å². The second kappa shape index (κ2) is 5.88. The first kappa shape index (κ1) is 14.9. The van der Waals surface area contributed by atoms with Gasteiger partial charge >= 0.3 is 0 Å². The lowest BCUT2D eigenvalue weighted by Gasteiger charge is -2.07. The third kappa shape index (κ3) is 3.34. The van der Waals surface area contributed by atoms with Crippen molar-refractivity contribution in [2.24, 2.45) is 0 Å². The van der Waals surface area contributed by atoms with Crippen molar-refractivity contribution in [1.82, 2.24) is 0 Å². The predicted molar refractivity (Wildman–Crippen MR) is 79.6 cm³/mol. The third-order valence-corrected chi connectivity index (χ3v) is 3.31. The SMILES string of the molecule is Nc1ccc(C(=O)Nc2ccc(Br)c([N+](=O)[O-])c2)c(F)c1. The molecule has 2 aromatic rings. The number of benzene rings is 2. The molecule has 3 N–H and O–H groups in total. The Morgan fingerprint density at radius 1 is 1.29 bits per heavy atom. The third-order valence-electron chi connectivity index (χ3n) is 2.64. The van der Waals surface area contributed by atoms with Crippen LogP contribution in [0.3, 0.4) is 0 Å². The summed E-state index contributed by atoms with van der Waals surface area (Å²) in [6.45, 7) is 0. The van der Waals surface area contributed by atoms with Crippen LogP contribution in [0, 0.1) is 15.9 Å². The number of nitrogens with one attached hydrogen (secondary N) is 1. The summed E-state index contributed by atoms with van der Waals surface area (Å²) in [5, 5.41) is 13.2. The van der Waals surface area contributed by atoms with Gasteiger partial charge < -0.3 is 11.1 Å². The fourth-order valence-electron chi connectivity index (χ4n) is 1.64. The van der Waals surface area contributed by atoms with E-state index < -0.39 is 16.6 Å². The maximum absolute atomic E-state index is 13.6. The molecule has 2 rings (SSSR count). The molecule has 0 heterocycles. The Morgan fingerprint density at radius 2 is 2.00 bits per heavy atom. The van der Waals surface area contributed by atoms with Crippen molar-refractivity contribution in [2.45, 2.75) is 0 Å². The smallest absolute Gasteiger partial charge is 0.285 e. The van der Waals surface area contributed by atoms with Crippen LogP contribution in [-0.4, -0.2) is 10.8 Å². The zero-order chi connectivity index (χ0) is 15.6. The van der Waals surface area contributed by atoms with Crippen molar-refractivity contribution in [3.8, 4) is 0 Å². The van der Waals surface area contributed by atoms with Crippen molar-refractivity contribution >= 4 is 38.9 Å². The van der Waals surface area contributed by atoms with Crippen molar-refractivity contribution in [1.29, 1.82) is 0 Å². The normalized spacial score (nSPS) is 10.2. The first-order chi connectivity index (χ1) is 9.88. The molecule has 0 saturated heterocycles. The number of rotatable bonds is 3. The Kier molecular flexibility index (Phi) is 4.18. The van der Waals surface area contributed by atoms with Gasteiger partial charge in [-0.2, -0.15) is 0 Å². The summed E-state index contributed by atoms with van der Waals surface area (Å²) in [4.78, 5) is 22.2. The Bertz CT molecular complexity index is 737. The Labute approximate surface area is 127 Å². The minimum absolute atomic E-state index is 0.186. The molecule has 0 aliphatic rings. The average molecular weight is 354 g/mol. The Hall–Kier alpha value is -2.48. The quantitative estimate of drug-likeness (QED) is 0.502. The van der Waals surface area contributed by atoms with Crippen LogP contribution in [0.1, 0.15) is 10.4 Å². The van der Waals surface area contributed by atoms with E-state index in [-0.39, 0.29) is 27.1 Å². The molecule has 0 aromatic heterocycles. The van der Waals surface area contributed by atoms with E-state index in [0.29, 0.717) is 0 Å². The highest BCUT2D eigenvalue weighted by Crippen LogP contribution is 2.28. The molecule has 8 heteroatoms. The second-order valence-corrected chi connectivity index (χ2v) is 4.97. The molecule has 6 nitrogen and oxygen atoms in total. The fraction of sp³-hybridized carbons (Fsp3) is 0. The van der Waals surface area contributed by atoms with Gasteiger partial charge in [-0.3, -0.25) is 14.9 Å². The van der Waals surface area contributed by atoms with Crippen LogP contribution in [0.15, 0.2) is 40.9 Å². The Balaban J connectivity index is 2.27. The van der Waals surface area contributed by atoms with Gasteiger partial charge in [-0.1, -0.05) is 0 Å². The molecule has 0 aliphatic carbocycles. The summed E-state index contributed by atoms with van der Waals surface area (Å²) in [5.41, 5.74) is 5.38. The van der Waals surface area contributed by atoms with Crippen LogP contribution < -0.4 is 11.1 Å². The molecule has 2 aromatic carbocycles. The lowest BCUT2D eigenvalue weighted by atomic mass is 10.1. The Morgan fingerprint density at radius 3 is 2.62 bits per heavy atom. The lowest BCUT2D eigenvalue weighted by Crippen LogP contribution is -2.14. The second-order valence-electron chi connectivity index (χ2n) is 4.12. The van der Waals surface area contributed by atoms with Gasteiger partial charge in [0, 0.05) is 17.4 Å². The number of nitro benzene ring substituents is 1. The van der Waals surface area contributed by atoms with Crippen LogP contribution >= 0.6 is 15.9 Å². The molecule has 0 radical (unpaired) electrons. The van der Waals surface area contributed by atoms with Gasteiger partial charge in [-0.05, 0) is 46.3 Å². The summed E-state index contributed by atoms with van der Waals surface area (Å²) in [5.74, 6) is -1.48. The van der Waals surface area contributed by atoms with E-state index in [9.17, 15) is 19.3 Å². The van der Waals surface area contributed by atoms with Crippen molar-refractivity contribution in [2.75, 3.05) is 11.1 Å². The van der Waals surface area contributed by atoms with Crippen LogP contribution in [0.25, 0.3) is 0 Å². The zero-order valence-corrected chi connectivity index (χ0v) is 12.1. The van der Waals surface area contributed by atoms with E-state index in [2.05, 4.69) is 21.2 Å². The maximum atomic E-state index is 13.6. The summed E-state index contributed by atoms with van der Waals surface area (Å²) in [6, 6.07) is 7.72. The highest BCUT2D eigenvalue weighted by atomic mass is 79.9. The van der Waals surface area contributed by atoms with Crippen molar-refractivity contribution in [3.05, 3.63) is 62.4 Å². The molecule has 0 unspecified atom stereocenters. The highest BCUT2D eigenvalue weighted by Gasteiger charge is 2.16. The van der Waals surface area contributed by atoms with E-state index in [1.807, 2.05) is 0 Å². The monoisotopic (exact) mass is 353 g/mol. The van der Waals surface area contributed by atoms with Crippen LogP contribution in [0.4, 0.5) is 21.5 Å². The zero-order valence-electron chi connectivity index (χ0n) is 10.5. The minimum atomic E-state index is -0.765. The van der Waals surface area contributed by atoms with E-state index in [1.54, 1.807) is 0 Å². The van der Waals surface area contributed by atoms with E-state index in [1.165, 1.54) is 30.3 Å². The van der Waals surface area contributed by atoms with E-state index in [4.69, 9.17) is 5.73 Å². The molecular weight excluding hydrogens is 345 g/mol. The highest BCUT2D eigenvalue weighted by molar-refractivity contribution is 9.10. The molecule has 0 fully saturated rings. The molecule has 1 amide bonds. The first-order valence-corrected chi connectivity index (χ1v) is 6.48. The molecule has 0 bridgehead atoms. The van der Waals surface area contributed by atoms with Crippen molar-refractivity contribution in [3.63, 3.8) is 0 Å². The summed E-state index contributed by atoms with van der Waals surface area (Å²) in [6.07, 6.45) is 0. The van der Waals surface area contributed by atoms with Crippen molar-refractivity contribution < 1.29 is 14.1 Å². The fourth-order valence-corrected chi connectivity index (χ4v) is 2.04. The number of nitrogens with zero attached hydrogens (tertiary/aromatic N) is 1. The predicted octanol–water partition coefficient (Wildman–Crippen LogP) is 3.33. The number of carbonyl (C=O) groups is 1. The van der Waals surface area contributed by atoms with Gasteiger partial charge in [0.15, 0.2) is 0 Å². The molecular formula is C13H9BrFN3O3. The van der Waals surface area contributed by atoms with Crippen LogP contribution in [0.5, 0.6) is 0 Å². The number of carbonyl (C=O) groups excluding carboxylic acids is 1. The number of hydrogen-bond acceptors (Lipinski definition) is 4. The number of halogens is 2. The van der Waals surface area contributed by atoms with Gasteiger partial charge in [-0.15, -0.1) is 0 Å². The molecule has 108 valence electrons. The van der Waals surface area contributed by atoms with E-state index in [0.717, 1.165) is 6.07 Å². The van der Waals surface area contributed by atoms with Crippen LogP contribution in [0.2, 0.25) is 0 Å². The van der Waals surface area contributed by atoms with Gasteiger partial charge in [0.1, 0.15) is 5.82 Å². The maximum Gasteiger partial charge on any atom is 0.285 e. The first-order valence-electron chi connectivity index (χ1n) is 5.69. The average Bonchev–Trinajstić information content (AvgIpc) is 2.40. The summed E-state index contributed by atoms with van der Waals surface area (Å²) >= 11 is 3.03. The number of anilines is 2. The molecule has 0 spiro atoms. The molecule has 21 heavy (non-hydrogen) atoms. The molecule has 0 saturated carbocycles. The molecule has 0 aliphatic heterocycles. The van der Waals surface area contributed by atoms with Gasteiger partial charge in [0.05, 0.1) is 15.0 Å².